The van der Waals surface area contributed by atoms with Crippen LogP contribution >= 0.6 is 0 Å². The average Bonchev–Trinajstić information content (AvgIpc) is 2.50. The number of rotatable bonds is 0. The molecule has 0 saturated carbocycles. The summed E-state index contributed by atoms with van der Waals surface area (Å²) in [6.07, 6.45) is 6.27. The van der Waals surface area contributed by atoms with Gasteiger partial charge in [0.25, 0.3) is 0 Å². The largest absolute Gasteiger partial charge is 0.294 e. The van der Waals surface area contributed by atoms with Gasteiger partial charge in [0, 0.05) is 16.9 Å². The van der Waals surface area contributed by atoms with Gasteiger partial charge in [-0.05, 0) is 18.4 Å². The van der Waals surface area contributed by atoms with Crippen LogP contribution in [0.3, 0.4) is 0 Å². The van der Waals surface area contributed by atoms with Crippen LogP contribution in [0.5, 0.6) is 0 Å². The summed E-state index contributed by atoms with van der Waals surface area (Å²) in [4.78, 5) is 12.2. The second-order valence-electron chi connectivity index (χ2n) is 4.79. The van der Waals surface area contributed by atoms with Crippen LogP contribution in [0.25, 0.3) is 0 Å². The van der Waals surface area contributed by atoms with E-state index in [9.17, 15) is 4.79 Å². The quantitative estimate of drug-likeness (QED) is 0.585. The minimum Gasteiger partial charge on any atom is -0.294 e. The van der Waals surface area contributed by atoms with Crippen LogP contribution < -0.4 is 0 Å². The van der Waals surface area contributed by atoms with Gasteiger partial charge in [-0.25, -0.2) is 0 Å². The van der Waals surface area contributed by atoms with Crippen molar-refractivity contribution in [3.63, 3.8) is 0 Å². The molecule has 0 radical (unpaired) electrons. The Labute approximate surface area is 89.8 Å². The molecule has 1 aromatic carbocycles. The topological polar surface area (TPSA) is 17.1 Å². The van der Waals surface area contributed by atoms with Gasteiger partial charge in [-0.1, -0.05) is 43.3 Å². The van der Waals surface area contributed by atoms with Crippen LogP contribution in [-0.2, 0) is 5.41 Å². The van der Waals surface area contributed by atoms with E-state index in [0.717, 1.165) is 18.4 Å². The molecule has 0 heterocycles. The van der Waals surface area contributed by atoms with Crippen molar-refractivity contribution in [1.82, 2.24) is 0 Å². The number of carbonyl (C=O) groups is 1. The predicted molar refractivity (Wildman–Crippen MR) is 60.0 cm³/mol. The van der Waals surface area contributed by atoms with E-state index in [0.29, 0.717) is 5.78 Å². The van der Waals surface area contributed by atoms with Gasteiger partial charge in [0.1, 0.15) is 0 Å². The zero-order valence-corrected chi connectivity index (χ0v) is 8.86. The van der Waals surface area contributed by atoms with Gasteiger partial charge >= 0.3 is 0 Å². The third kappa shape index (κ3) is 1.01. The van der Waals surface area contributed by atoms with E-state index in [1.165, 1.54) is 5.56 Å². The Morgan fingerprint density at radius 3 is 2.93 bits per heavy atom. The van der Waals surface area contributed by atoms with Crippen molar-refractivity contribution in [1.29, 1.82) is 0 Å². The molecule has 1 nitrogen and oxygen atoms in total. The monoisotopic (exact) mass is 198 g/mol. The number of fused-ring (bicyclic) bond motifs is 3. The second kappa shape index (κ2) is 2.82. The van der Waals surface area contributed by atoms with Crippen molar-refractivity contribution in [2.75, 3.05) is 0 Å². The summed E-state index contributed by atoms with van der Waals surface area (Å²) in [5.74, 6) is 0.525. The van der Waals surface area contributed by atoms with E-state index in [1.54, 1.807) is 0 Å². The molecule has 0 spiro atoms. The summed E-state index contributed by atoms with van der Waals surface area (Å²) in [6, 6.07) is 8.09. The maximum absolute atomic E-state index is 12.2. The number of hydrogen-bond donors (Lipinski definition) is 0. The highest BCUT2D eigenvalue weighted by atomic mass is 16.1. The van der Waals surface area contributed by atoms with Gasteiger partial charge in [-0.15, -0.1) is 0 Å². The summed E-state index contributed by atoms with van der Waals surface area (Å²) in [6.45, 7) is 2.23. The zero-order valence-electron chi connectivity index (χ0n) is 8.86. The molecule has 2 atom stereocenters. The van der Waals surface area contributed by atoms with Crippen molar-refractivity contribution in [2.45, 2.75) is 25.2 Å². The fourth-order valence-electron chi connectivity index (χ4n) is 3.04. The Balaban J connectivity index is 2.24. The molecule has 1 heteroatoms. The van der Waals surface area contributed by atoms with E-state index < -0.39 is 0 Å². The van der Waals surface area contributed by atoms with E-state index in [2.05, 4.69) is 25.1 Å². The molecule has 0 aromatic heterocycles. The summed E-state index contributed by atoms with van der Waals surface area (Å²) in [5, 5.41) is 0. The molecule has 76 valence electrons. The zero-order chi connectivity index (χ0) is 10.5. The number of Topliss-reactive ketones (excluding diaryl/α,β-unsaturated/α-hetero) is 1. The highest BCUT2D eigenvalue weighted by molar-refractivity contribution is 6.04. The van der Waals surface area contributed by atoms with Crippen molar-refractivity contribution < 1.29 is 4.79 Å². The molecule has 0 N–H and O–H groups in total. The van der Waals surface area contributed by atoms with Crippen LogP contribution in [0.2, 0.25) is 0 Å². The third-order valence-electron chi connectivity index (χ3n) is 3.97. The highest BCUT2D eigenvalue weighted by Crippen LogP contribution is 2.49. The van der Waals surface area contributed by atoms with E-state index in [1.807, 2.05) is 18.2 Å². The lowest BCUT2D eigenvalue weighted by atomic mass is 9.70. The van der Waals surface area contributed by atoms with Crippen molar-refractivity contribution >= 4 is 5.78 Å². The lowest BCUT2D eigenvalue weighted by Crippen LogP contribution is -2.31. The Kier molecular flexibility index (Phi) is 1.67. The smallest absolute Gasteiger partial charge is 0.167 e. The van der Waals surface area contributed by atoms with Gasteiger partial charge in [0.15, 0.2) is 5.78 Å². The predicted octanol–water partition coefficient (Wildman–Crippen LogP) is 3.11. The Hall–Kier alpha value is -1.37. The molecule has 15 heavy (non-hydrogen) atoms. The fourth-order valence-corrected chi connectivity index (χ4v) is 3.04. The van der Waals surface area contributed by atoms with Crippen LogP contribution in [0.15, 0.2) is 36.4 Å². The van der Waals surface area contributed by atoms with Crippen LogP contribution in [-0.4, -0.2) is 5.78 Å². The number of carbonyl (C=O) groups excluding carboxylic acids is 1. The number of benzene rings is 1. The van der Waals surface area contributed by atoms with Crippen LogP contribution in [0.4, 0.5) is 0 Å². The van der Waals surface area contributed by atoms with Gasteiger partial charge < -0.3 is 0 Å². The maximum atomic E-state index is 12.2. The molecule has 1 aromatic rings. The summed E-state index contributed by atoms with van der Waals surface area (Å²) in [7, 11) is 0. The van der Waals surface area contributed by atoms with Gasteiger partial charge in [-0.3, -0.25) is 4.79 Å². The maximum Gasteiger partial charge on any atom is 0.167 e. The lowest BCUT2D eigenvalue weighted by Gasteiger charge is -2.32. The van der Waals surface area contributed by atoms with Gasteiger partial charge in [0.2, 0.25) is 0 Å². The first-order valence-electron chi connectivity index (χ1n) is 5.52. The standard InChI is InChI=1S/C14H14O/c1-14-9-5-4-8-12(14)13(15)10-6-2-3-7-11(10)14/h2-7,12H,8-9H2,1H3/t12-,14+/m0/s1. The molecular formula is C14H14O. The van der Waals surface area contributed by atoms with E-state index in [-0.39, 0.29) is 11.3 Å². The van der Waals surface area contributed by atoms with E-state index in [4.69, 9.17) is 0 Å². The lowest BCUT2D eigenvalue weighted by molar-refractivity contribution is 0.0888. The molecule has 0 bridgehead atoms. The fraction of sp³-hybridized carbons (Fsp3) is 0.357. The molecule has 0 amide bonds. The summed E-state index contributed by atoms with van der Waals surface area (Å²) >= 11 is 0. The first-order chi connectivity index (χ1) is 7.23. The molecule has 2 aliphatic rings. The van der Waals surface area contributed by atoms with Crippen LogP contribution in [0, 0.1) is 5.92 Å². The van der Waals surface area contributed by atoms with Crippen molar-refractivity contribution in [3.8, 4) is 0 Å². The minimum absolute atomic E-state index is 0.0580. The normalized spacial score (nSPS) is 32.6. The summed E-state index contributed by atoms with van der Waals surface area (Å²) < 4.78 is 0. The average molecular weight is 198 g/mol. The van der Waals surface area contributed by atoms with Crippen LogP contribution in [0.1, 0.15) is 35.7 Å². The van der Waals surface area contributed by atoms with E-state index >= 15 is 0 Å². The van der Waals surface area contributed by atoms with Crippen molar-refractivity contribution in [2.24, 2.45) is 5.92 Å². The number of ketones is 1. The molecule has 3 rings (SSSR count). The molecular weight excluding hydrogens is 184 g/mol. The molecule has 0 unspecified atom stereocenters. The molecule has 2 aliphatic carbocycles. The SMILES string of the molecule is C[C@]12CC=CC[C@H]1C(=O)c1ccccc12. The first-order valence-corrected chi connectivity index (χ1v) is 5.52. The summed E-state index contributed by atoms with van der Waals surface area (Å²) in [5.41, 5.74) is 2.26. The number of hydrogen-bond acceptors (Lipinski definition) is 1. The number of allylic oxidation sites excluding steroid dienone is 2. The molecule has 0 aliphatic heterocycles. The molecule has 0 fully saturated rings. The third-order valence-corrected chi connectivity index (χ3v) is 3.97. The first kappa shape index (κ1) is 8.90. The Morgan fingerprint density at radius 2 is 2.07 bits per heavy atom. The Bertz CT molecular complexity index is 458. The van der Waals surface area contributed by atoms with Gasteiger partial charge in [0.05, 0.1) is 0 Å². The highest BCUT2D eigenvalue weighted by Gasteiger charge is 2.48. The molecule has 0 saturated heterocycles. The van der Waals surface area contributed by atoms with Crippen molar-refractivity contribution in [3.05, 3.63) is 47.5 Å². The minimum atomic E-state index is 0.0580. The second-order valence-corrected chi connectivity index (χ2v) is 4.79. The Morgan fingerprint density at radius 1 is 1.27 bits per heavy atom. The van der Waals surface area contributed by atoms with Gasteiger partial charge in [-0.2, -0.15) is 0 Å².